The molecule has 0 spiro atoms. The monoisotopic (exact) mass is 284 g/mol. The normalized spacial score (nSPS) is 10.8. The minimum atomic E-state index is -0.437. The second kappa shape index (κ2) is 8.47. The van der Waals surface area contributed by atoms with Crippen LogP contribution in [0.25, 0.3) is 0 Å². The van der Waals surface area contributed by atoms with Crippen molar-refractivity contribution in [2.24, 2.45) is 5.92 Å². The Labute approximate surface area is 118 Å². The number of halogens is 1. The molecule has 0 bridgehead atoms. The van der Waals surface area contributed by atoms with Crippen LogP contribution in [0.5, 0.6) is 5.75 Å². The van der Waals surface area contributed by atoms with Crippen LogP contribution < -0.4 is 10.1 Å². The molecule has 0 aromatic heterocycles. The van der Waals surface area contributed by atoms with Gasteiger partial charge < -0.3 is 10.1 Å². The number of rotatable bonds is 9. The minimum absolute atomic E-state index is 0.0317. The first-order valence-electron chi connectivity index (χ1n) is 6.71. The van der Waals surface area contributed by atoms with Crippen molar-refractivity contribution in [1.82, 2.24) is 5.32 Å². The second-order valence-corrected chi connectivity index (χ2v) is 4.96. The summed E-state index contributed by atoms with van der Waals surface area (Å²) in [4.78, 5) is 10.4. The Balaban J connectivity index is 2.77. The molecule has 5 nitrogen and oxygen atoms in total. The van der Waals surface area contributed by atoms with Crippen molar-refractivity contribution in [3.8, 4) is 5.75 Å². The van der Waals surface area contributed by atoms with Crippen molar-refractivity contribution in [3.05, 3.63) is 33.9 Å². The second-order valence-electron chi connectivity index (χ2n) is 4.96. The van der Waals surface area contributed by atoms with Crippen LogP contribution in [0.3, 0.4) is 0 Å². The predicted molar refractivity (Wildman–Crippen MR) is 75.7 cm³/mol. The molecule has 1 N–H and O–H groups in total. The summed E-state index contributed by atoms with van der Waals surface area (Å²) in [6, 6.07) is 4.47. The molecule has 0 fully saturated rings. The van der Waals surface area contributed by atoms with E-state index in [2.05, 4.69) is 19.2 Å². The van der Waals surface area contributed by atoms with Crippen molar-refractivity contribution >= 4 is 5.69 Å². The molecular formula is C14H21FN2O3. The predicted octanol–water partition coefficient (Wildman–Crippen LogP) is 3.08. The molecule has 1 aromatic rings. The Morgan fingerprint density at radius 1 is 1.45 bits per heavy atom. The molecule has 0 aliphatic heterocycles. The largest absolute Gasteiger partial charge is 0.493 e. The van der Waals surface area contributed by atoms with E-state index < -0.39 is 11.6 Å². The maximum atomic E-state index is 12.1. The summed E-state index contributed by atoms with van der Waals surface area (Å²) in [6.45, 7) is 5.30. The molecule has 0 saturated heterocycles. The standard InChI is InChI=1S/C14H21FN2O3/c1-11(2)9-16-10-12-8-13(17(18)19)4-5-14(12)20-7-3-6-15/h4-5,8,11,16H,3,6-7,9-10H2,1-2H3. The van der Waals surface area contributed by atoms with Crippen LogP contribution in [0.4, 0.5) is 10.1 Å². The van der Waals surface area contributed by atoms with Gasteiger partial charge in [0.15, 0.2) is 0 Å². The molecule has 0 radical (unpaired) electrons. The highest BCUT2D eigenvalue weighted by molar-refractivity contribution is 5.43. The summed E-state index contributed by atoms with van der Waals surface area (Å²) >= 11 is 0. The molecule has 0 atom stereocenters. The first-order valence-corrected chi connectivity index (χ1v) is 6.71. The zero-order valence-corrected chi connectivity index (χ0v) is 11.9. The van der Waals surface area contributed by atoms with E-state index in [4.69, 9.17) is 4.74 Å². The van der Waals surface area contributed by atoms with E-state index in [1.54, 1.807) is 6.07 Å². The number of ether oxygens (including phenoxy) is 1. The van der Waals surface area contributed by atoms with Crippen LogP contribution in [-0.2, 0) is 6.54 Å². The van der Waals surface area contributed by atoms with E-state index in [1.807, 2.05) is 0 Å². The van der Waals surface area contributed by atoms with Crippen LogP contribution in [0.15, 0.2) is 18.2 Å². The Morgan fingerprint density at radius 3 is 2.80 bits per heavy atom. The molecule has 0 amide bonds. The topological polar surface area (TPSA) is 64.4 Å². The van der Waals surface area contributed by atoms with Gasteiger partial charge in [0.05, 0.1) is 18.2 Å². The molecule has 0 heterocycles. The number of hydrogen-bond donors (Lipinski definition) is 1. The van der Waals surface area contributed by atoms with Crippen LogP contribution in [0.2, 0.25) is 0 Å². The average molecular weight is 284 g/mol. The highest BCUT2D eigenvalue weighted by Crippen LogP contribution is 2.24. The zero-order chi connectivity index (χ0) is 15.0. The minimum Gasteiger partial charge on any atom is -0.493 e. The lowest BCUT2D eigenvalue weighted by Crippen LogP contribution is -2.19. The molecular weight excluding hydrogens is 263 g/mol. The van der Waals surface area contributed by atoms with Crippen LogP contribution in [0.1, 0.15) is 25.8 Å². The molecule has 1 aromatic carbocycles. The van der Waals surface area contributed by atoms with Gasteiger partial charge in [0.1, 0.15) is 5.75 Å². The van der Waals surface area contributed by atoms with Gasteiger partial charge in [-0.2, -0.15) is 0 Å². The zero-order valence-electron chi connectivity index (χ0n) is 11.9. The maximum Gasteiger partial charge on any atom is 0.270 e. The highest BCUT2D eigenvalue weighted by atomic mass is 19.1. The van der Waals surface area contributed by atoms with Gasteiger partial charge in [-0.05, 0) is 18.5 Å². The van der Waals surface area contributed by atoms with Crippen molar-refractivity contribution in [3.63, 3.8) is 0 Å². The SMILES string of the molecule is CC(C)CNCc1cc([N+](=O)[O-])ccc1OCCCF. The third-order valence-electron chi connectivity index (χ3n) is 2.66. The number of nitro benzene ring substituents is 1. The average Bonchev–Trinajstić information content (AvgIpc) is 2.39. The smallest absolute Gasteiger partial charge is 0.270 e. The Kier molecular flexibility index (Phi) is 6.93. The van der Waals surface area contributed by atoms with Gasteiger partial charge >= 0.3 is 0 Å². The van der Waals surface area contributed by atoms with E-state index in [9.17, 15) is 14.5 Å². The quantitative estimate of drug-likeness (QED) is 0.430. The molecule has 112 valence electrons. The number of non-ortho nitro benzene ring substituents is 1. The number of alkyl halides is 1. The summed E-state index contributed by atoms with van der Waals surface area (Å²) in [5, 5.41) is 14.0. The van der Waals surface area contributed by atoms with Crippen LogP contribution >= 0.6 is 0 Å². The third-order valence-corrected chi connectivity index (χ3v) is 2.66. The summed E-state index contributed by atoms with van der Waals surface area (Å²) in [6.07, 6.45) is 0.315. The number of benzene rings is 1. The number of hydrogen-bond acceptors (Lipinski definition) is 4. The van der Waals surface area contributed by atoms with Crippen LogP contribution in [-0.4, -0.2) is 24.7 Å². The van der Waals surface area contributed by atoms with Crippen molar-refractivity contribution in [2.75, 3.05) is 19.8 Å². The van der Waals surface area contributed by atoms with Crippen molar-refractivity contribution < 1.29 is 14.1 Å². The Bertz CT molecular complexity index is 438. The van der Waals surface area contributed by atoms with Gasteiger partial charge in [0, 0.05) is 30.7 Å². The molecule has 0 saturated carbocycles. The lowest BCUT2D eigenvalue weighted by molar-refractivity contribution is -0.384. The molecule has 0 unspecified atom stereocenters. The van der Waals surface area contributed by atoms with Gasteiger partial charge in [-0.1, -0.05) is 13.8 Å². The van der Waals surface area contributed by atoms with Gasteiger partial charge in [0.2, 0.25) is 0 Å². The van der Waals surface area contributed by atoms with E-state index >= 15 is 0 Å². The van der Waals surface area contributed by atoms with E-state index in [-0.39, 0.29) is 12.3 Å². The number of nitrogens with one attached hydrogen (secondary N) is 1. The molecule has 20 heavy (non-hydrogen) atoms. The summed E-state index contributed by atoms with van der Waals surface area (Å²) in [5.41, 5.74) is 0.753. The molecule has 6 heteroatoms. The van der Waals surface area contributed by atoms with E-state index in [0.717, 1.165) is 12.1 Å². The first-order chi connectivity index (χ1) is 9.54. The van der Waals surface area contributed by atoms with Crippen molar-refractivity contribution in [1.29, 1.82) is 0 Å². The maximum absolute atomic E-state index is 12.1. The summed E-state index contributed by atoms with van der Waals surface area (Å²) < 4.78 is 17.5. The lowest BCUT2D eigenvalue weighted by atomic mass is 10.1. The molecule has 1 rings (SSSR count). The lowest BCUT2D eigenvalue weighted by Gasteiger charge is -2.12. The summed E-state index contributed by atoms with van der Waals surface area (Å²) in [7, 11) is 0. The highest BCUT2D eigenvalue weighted by Gasteiger charge is 2.11. The van der Waals surface area contributed by atoms with Crippen LogP contribution in [0, 0.1) is 16.0 Å². The first kappa shape index (κ1) is 16.4. The van der Waals surface area contributed by atoms with Gasteiger partial charge in [-0.3, -0.25) is 14.5 Å². The van der Waals surface area contributed by atoms with Gasteiger partial charge in [-0.25, -0.2) is 0 Å². The fraction of sp³-hybridized carbons (Fsp3) is 0.571. The number of nitro groups is 1. The van der Waals surface area contributed by atoms with Gasteiger partial charge in [0.25, 0.3) is 5.69 Å². The fourth-order valence-corrected chi connectivity index (χ4v) is 1.69. The van der Waals surface area contributed by atoms with Gasteiger partial charge in [-0.15, -0.1) is 0 Å². The Morgan fingerprint density at radius 2 is 2.20 bits per heavy atom. The fourth-order valence-electron chi connectivity index (χ4n) is 1.69. The van der Waals surface area contributed by atoms with E-state index in [1.165, 1.54) is 12.1 Å². The molecule has 0 aliphatic rings. The number of nitrogens with zero attached hydrogens (tertiary/aromatic N) is 1. The Hall–Kier alpha value is -1.69. The molecule has 0 aliphatic carbocycles. The third kappa shape index (κ3) is 5.52. The van der Waals surface area contributed by atoms with E-state index in [0.29, 0.717) is 24.6 Å². The van der Waals surface area contributed by atoms with Crippen molar-refractivity contribution in [2.45, 2.75) is 26.8 Å². The summed E-state index contributed by atoms with van der Waals surface area (Å²) in [5.74, 6) is 1.06.